The van der Waals surface area contributed by atoms with Gasteiger partial charge in [-0.3, -0.25) is 14.4 Å². The van der Waals surface area contributed by atoms with Gasteiger partial charge in [0, 0.05) is 30.6 Å². The van der Waals surface area contributed by atoms with Crippen molar-refractivity contribution in [2.45, 2.75) is 25.8 Å². The molecule has 29 heavy (non-hydrogen) atoms. The molecule has 0 aromatic heterocycles. The van der Waals surface area contributed by atoms with E-state index in [0.29, 0.717) is 11.3 Å². The number of benzene rings is 2. The zero-order valence-electron chi connectivity index (χ0n) is 16.1. The molecule has 5 N–H and O–H groups in total. The molecule has 0 aliphatic rings. The van der Waals surface area contributed by atoms with Crippen molar-refractivity contribution in [3.63, 3.8) is 0 Å². The van der Waals surface area contributed by atoms with Crippen LogP contribution in [0, 0.1) is 0 Å². The number of anilines is 1. The van der Waals surface area contributed by atoms with E-state index < -0.39 is 23.9 Å². The molecule has 0 bridgehead atoms. The Morgan fingerprint density at radius 1 is 0.966 bits per heavy atom. The van der Waals surface area contributed by atoms with E-state index in [1.54, 1.807) is 24.3 Å². The highest BCUT2D eigenvalue weighted by molar-refractivity contribution is 5.96. The molecule has 0 radical (unpaired) electrons. The van der Waals surface area contributed by atoms with Crippen LogP contribution in [0.3, 0.4) is 0 Å². The molecule has 152 valence electrons. The summed E-state index contributed by atoms with van der Waals surface area (Å²) in [5.41, 5.74) is 6.97. The lowest BCUT2D eigenvalue weighted by molar-refractivity contribution is -0.123. The van der Waals surface area contributed by atoms with Gasteiger partial charge in [-0.05, 0) is 36.8 Å². The number of urea groups is 1. The Kier molecular flexibility index (Phi) is 7.90. The van der Waals surface area contributed by atoms with Crippen LogP contribution in [0.25, 0.3) is 0 Å². The maximum absolute atomic E-state index is 12.5. The standard InChI is InChI=1S/C21H24N4O4/c1-14(26)16-7-9-17(10-8-16)24-21(29)25-18(13-15-5-3-2-4-6-15)20(28)23-12-11-19(22)27/h2-10,18H,11-13H2,1H3,(H2,22,27)(H,23,28)(H2,24,25,29)/t18-/m1/s1. The van der Waals surface area contributed by atoms with Crippen LogP contribution >= 0.6 is 0 Å². The van der Waals surface area contributed by atoms with Gasteiger partial charge in [0.2, 0.25) is 11.8 Å². The van der Waals surface area contributed by atoms with Gasteiger partial charge < -0.3 is 21.7 Å². The number of nitrogens with one attached hydrogen (secondary N) is 3. The maximum atomic E-state index is 12.5. The summed E-state index contributed by atoms with van der Waals surface area (Å²) in [6.45, 7) is 1.55. The molecular weight excluding hydrogens is 372 g/mol. The van der Waals surface area contributed by atoms with Crippen LogP contribution in [0.15, 0.2) is 54.6 Å². The number of ketones is 1. The fraction of sp³-hybridized carbons (Fsp3) is 0.238. The van der Waals surface area contributed by atoms with Gasteiger partial charge in [-0.2, -0.15) is 0 Å². The summed E-state index contributed by atoms with van der Waals surface area (Å²) in [4.78, 5) is 47.1. The van der Waals surface area contributed by atoms with Crippen LogP contribution in [-0.4, -0.2) is 36.2 Å². The summed E-state index contributed by atoms with van der Waals surface area (Å²) >= 11 is 0. The Bertz CT molecular complexity index is 866. The smallest absolute Gasteiger partial charge is 0.319 e. The van der Waals surface area contributed by atoms with Crippen LogP contribution in [-0.2, 0) is 16.0 Å². The molecule has 1 atom stereocenters. The number of carbonyl (C=O) groups is 4. The molecule has 4 amide bonds. The number of hydrogen-bond donors (Lipinski definition) is 4. The molecule has 2 aromatic carbocycles. The molecule has 0 saturated carbocycles. The highest BCUT2D eigenvalue weighted by Gasteiger charge is 2.21. The summed E-state index contributed by atoms with van der Waals surface area (Å²) in [6, 6.07) is 14.3. The van der Waals surface area contributed by atoms with E-state index in [-0.39, 0.29) is 25.2 Å². The number of Topliss-reactive ketones (excluding diaryl/α,β-unsaturated/α-hetero) is 1. The zero-order valence-corrected chi connectivity index (χ0v) is 16.1. The quantitative estimate of drug-likeness (QED) is 0.480. The maximum Gasteiger partial charge on any atom is 0.319 e. The van der Waals surface area contributed by atoms with Gasteiger partial charge in [0.05, 0.1) is 0 Å². The van der Waals surface area contributed by atoms with Gasteiger partial charge in [-0.15, -0.1) is 0 Å². The molecule has 0 fully saturated rings. The predicted molar refractivity (Wildman–Crippen MR) is 109 cm³/mol. The van der Waals surface area contributed by atoms with Crippen LogP contribution in [0.2, 0.25) is 0 Å². The monoisotopic (exact) mass is 396 g/mol. The third-order valence-corrected chi connectivity index (χ3v) is 4.12. The van der Waals surface area contributed by atoms with Crippen LogP contribution in [0.4, 0.5) is 10.5 Å². The van der Waals surface area contributed by atoms with Gasteiger partial charge in [-0.25, -0.2) is 4.79 Å². The average Bonchev–Trinajstić information content (AvgIpc) is 2.68. The number of hydrogen-bond acceptors (Lipinski definition) is 4. The third-order valence-electron chi connectivity index (χ3n) is 4.12. The zero-order chi connectivity index (χ0) is 21.2. The first-order chi connectivity index (χ1) is 13.8. The fourth-order valence-electron chi connectivity index (χ4n) is 2.60. The van der Waals surface area contributed by atoms with Gasteiger partial charge in [0.15, 0.2) is 5.78 Å². The minimum Gasteiger partial charge on any atom is -0.370 e. The van der Waals surface area contributed by atoms with Crippen LogP contribution in [0.1, 0.15) is 29.3 Å². The largest absolute Gasteiger partial charge is 0.370 e. The van der Waals surface area contributed by atoms with E-state index in [4.69, 9.17) is 5.73 Å². The van der Waals surface area contributed by atoms with Crippen molar-refractivity contribution in [3.8, 4) is 0 Å². The Labute approximate surface area is 168 Å². The molecule has 0 aliphatic carbocycles. The molecule has 8 nitrogen and oxygen atoms in total. The van der Waals surface area contributed by atoms with Crippen LogP contribution in [0.5, 0.6) is 0 Å². The first-order valence-corrected chi connectivity index (χ1v) is 9.13. The number of primary amides is 1. The van der Waals surface area contributed by atoms with Crippen molar-refractivity contribution in [2.24, 2.45) is 5.73 Å². The number of carbonyl (C=O) groups excluding carboxylic acids is 4. The molecule has 0 unspecified atom stereocenters. The molecule has 0 heterocycles. The van der Waals surface area contributed by atoms with Crippen molar-refractivity contribution in [2.75, 3.05) is 11.9 Å². The molecule has 0 aliphatic heterocycles. The summed E-state index contributed by atoms with van der Waals surface area (Å²) in [7, 11) is 0. The SMILES string of the molecule is CC(=O)c1ccc(NC(=O)N[C@H](Cc2ccccc2)C(=O)NCCC(N)=O)cc1. The topological polar surface area (TPSA) is 130 Å². The van der Waals surface area contributed by atoms with Crippen LogP contribution < -0.4 is 21.7 Å². The van der Waals surface area contributed by atoms with Crippen molar-refractivity contribution in [1.29, 1.82) is 0 Å². The van der Waals surface area contributed by atoms with Crippen molar-refractivity contribution in [3.05, 3.63) is 65.7 Å². The van der Waals surface area contributed by atoms with E-state index in [1.807, 2.05) is 30.3 Å². The molecule has 0 saturated heterocycles. The predicted octanol–water partition coefficient (Wildman–Crippen LogP) is 1.61. The van der Waals surface area contributed by atoms with E-state index >= 15 is 0 Å². The third kappa shape index (κ3) is 7.45. The molecule has 2 rings (SSSR count). The second kappa shape index (κ2) is 10.6. The minimum absolute atomic E-state index is 0.0124. The Morgan fingerprint density at radius 3 is 2.21 bits per heavy atom. The lowest BCUT2D eigenvalue weighted by Crippen LogP contribution is -2.49. The van der Waals surface area contributed by atoms with E-state index in [2.05, 4.69) is 16.0 Å². The lowest BCUT2D eigenvalue weighted by atomic mass is 10.1. The summed E-state index contributed by atoms with van der Waals surface area (Å²) < 4.78 is 0. The average molecular weight is 396 g/mol. The van der Waals surface area contributed by atoms with Crippen molar-refractivity contribution in [1.82, 2.24) is 10.6 Å². The highest BCUT2D eigenvalue weighted by atomic mass is 16.2. The van der Waals surface area contributed by atoms with Gasteiger partial charge >= 0.3 is 6.03 Å². The fourth-order valence-corrected chi connectivity index (χ4v) is 2.60. The van der Waals surface area contributed by atoms with Gasteiger partial charge in [-0.1, -0.05) is 30.3 Å². The Hall–Kier alpha value is -3.68. The minimum atomic E-state index is -0.846. The second-order valence-corrected chi connectivity index (χ2v) is 6.48. The first-order valence-electron chi connectivity index (χ1n) is 9.13. The Morgan fingerprint density at radius 2 is 1.62 bits per heavy atom. The molecule has 0 spiro atoms. The van der Waals surface area contributed by atoms with Gasteiger partial charge in [0.25, 0.3) is 0 Å². The number of rotatable bonds is 9. The molecular formula is C21H24N4O4. The first kappa shape index (κ1) is 21.6. The van der Waals surface area contributed by atoms with Crippen molar-refractivity contribution < 1.29 is 19.2 Å². The lowest BCUT2D eigenvalue weighted by Gasteiger charge is -2.19. The normalized spacial score (nSPS) is 11.2. The summed E-state index contributed by atoms with van der Waals surface area (Å²) in [6.07, 6.45) is 0.290. The number of nitrogens with two attached hydrogens (primary N) is 1. The van der Waals surface area contributed by atoms with E-state index in [9.17, 15) is 19.2 Å². The van der Waals surface area contributed by atoms with E-state index in [0.717, 1.165) is 5.56 Å². The number of amides is 4. The van der Waals surface area contributed by atoms with Gasteiger partial charge in [0.1, 0.15) is 6.04 Å². The molecule has 8 heteroatoms. The van der Waals surface area contributed by atoms with Crippen molar-refractivity contribution >= 4 is 29.3 Å². The van der Waals surface area contributed by atoms with E-state index in [1.165, 1.54) is 6.92 Å². The summed E-state index contributed by atoms with van der Waals surface area (Å²) in [5, 5.41) is 7.89. The molecule has 2 aromatic rings. The highest BCUT2D eigenvalue weighted by Crippen LogP contribution is 2.10. The Balaban J connectivity index is 2.02. The summed E-state index contributed by atoms with van der Waals surface area (Å²) in [5.74, 6) is -1.02. The second-order valence-electron chi connectivity index (χ2n) is 6.48.